The predicted octanol–water partition coefficient (Wildman–Crippen LogP) is 6.21. The van der Waals surface area contributed by atoms with Gasteiger partial charge in [-0.1, -0.05) is 41.6 Å². The van der Waals surface area contributed by atoms with Crippen molar-refractivity contribution in [1.29, 1.82) is 0 Å². The van der Waals surface area contributed by atoms with E-state index < -0.39 is 17.6 Å². The SMILES string of the molecule is Fc1c(/C=C/c2nc(Cc3ccc(CCCCn4ccnn4)cc3)co2)cccc1C(F)(F)F. The Morgan fingerprint density at radius 1 is 0.971 bits per heavy atom. The Labute approximate surface area is 193 Å². The van der Waals surface area contributed by atoms with E-state index in [0.29, 0.717) is 18.2 Å². The molecule has 9 heteroatoms. The molecule has 0 amide bonds. The summed E-state index contributed by atoms with van der Waals surface area (Å²) in [6.07, 6.45) is 6.41. The molecule has 0 aliphatic carbocycles. The number of halogens is 4. The molecule has 0 unspecified atom stereocenters. The summed E-state index contributed by atoms with van der Waals surface area (Å²) >= 11 is 0. The van der Waals surface area contributed by atoms with E-state index >= 15 is 0 Å². The molecule has 0 aliphatic heterocycles. The van der Waals surface area contributed by atoms with Gasteiger partial charge in [0.25, 0.3) is 0 Å². The number of alkyl halides is 3. The average molecular weight is 470 g/mol. The molecule has 2 aromatic carbocycles. The lowest BCUT2D eigenvalue weighted by molar-refractivity contribution is -0.140. The first kappa shape index (κ1) is 23.4. The first-order chi connectivity index (χ1) is 16.4. The van der Waals surface area contributed by atoms with E-state index in [9.17, 15) is 17.6 Å². The number of benzene rings is 2. The Bertz CT molecular complexity index is 1230. The van der Waals surface area contributed by atoms with E-state index in [1.54, 1.807) is 6.20 Å². The molecule has 2 aromatic heterocycles. The summed E-state index contributed by atoms with van der Waals surface area (Å²) in [5.74, 6) is -1.13. The van der Waals surface area contributed by atoms with Gasteiger partial charge in [0, 0.05) is 30.8 Å². The van der Waals surface area contributed by atoms with Crippen molar-refractivity contribution >= 4 is 12.2 Å². The monoisotopic (exact) mass is 470 g/mol. The van der Waals surface area contributed by atoms with Crippen LogP contribution in [0.25, 0.3) is 12.2 Å². The molecule has 0 saturated carbocycles. The van der Waals surface area contributed by atoms with Crippen LogP contribution in [0.1, 0.15) is 46.7 Å². The van der Waals surface area contributed by atoms with E-state index in [4.69, 9.17) is 4.42 Å². The minimum Gasteiger partial charge on any atom is -0.445 e. The fourth-order valence-electron chi connectivity index (χ4n) is 3.53. The van der Waals surface area contributed by atoms with Crippen molar-refractivity contribution in [2.75, 3.05) is 0 Å². The molecule has 176 valence electrons. The lowest BCUT2D eigenvalue weighted by atomic mass is 10.0. The molecule has 0 saturated heterocycles. The highest BCUT2D eigenvalue weighted by molar-refractivity contribution is 5.67. The number of hydrogen-bond donors (Lipinski definition) is 0. The maximum absolute atomic E-state index is 14.1. The van der Waals surface area contributed by atoms with Crippen molar-refractivity contribution < 1.29 is 22.0 Å². The van der Waals surface area contributed by atoms with Crippen LogP contribution in [0.2, 0.25) is 0 Å². The molecule has 0 fully saturated rings. The first-order valence-corrected chi connectivity index (χ1v) is 10.8. The van der Waals surface area contributed by atoms with Crippen LogP contribution in [-0.4, -0.2) is 20.0 Å². The highest BCUT2D eigenvalue weighted by Gasteiger charge is 2.34. The number of hydrogen-bond acceptors (Lipinski definition) is 4. The lowest BCUT2D eigenvalue weighted by Gasteiger charge is -2.08. The summed E-state index contributed by atoms with van der Waals surface area (Å²) in [6.45, 7) is 0.849. The molecule has 34 heavy (non-hydrogen) atoms. The molecule has 0 bridgehead atoms. The van der Waals surface area contributed by atoms with Crippen LogP contribution >= 0.6 is 0 Å². The van der Waals surface area contributed by atoms with Crippen LogP contribution in [0.15, 0.2) is 65.5 Å². The molecule has 0 aliphatic rings. The molecule has 2 heterocycles. The number of nitrogens with zero attached hydrogens (tertiary/aromatic N) is 4. The van der Waals surface area contributed by atoms with Crippen molar-refractivity contribution in [3.8, 4) is 0 Å². The number of aryl methyl sites for hydroxylation is 2. The Balaban J connectivity index is 1.31. The third-order valence-corrected chi connectivity index (χ3v) is 5.29. The third kappa shape index (κ3) is 6.18. The normalized spacial score (nSPS) is 12.0. The Hall–Kier alpha value is -3.75. The van der Waals surface area contributed by atoms with E-state index in [0.717, 1.165) is 37.4 Å². The van der Waals surface area contributed by atoms with Crippen LogP contribution in [0, 0.1) is 5.82 Å². The summed E-state index contributed by atoms with van der Waals surface area (Å²) in [7, 11) is 0. The quantitative estimate of drug-likeness (QED) is 0.216. The van der Waals surface area contributed by atoms with Gasteiger partial charge in [0.2, 0.25) is 5.89 Å². The largest absolute Gasteiger partial charge is 0.445 e. The zero-order valence-electron chi connectivity index (χ0n) is 18.2. The maximum Gasteiger partial charge on any atom is 0.419 e. The average Bonchev–Trinajstić information content (AvgIpc) is 3.48. The van der Waals surface area contributed by atoms with Crippen LogP contribution < -0.4 is 0 Å². The van der Waals surface area contributed by atoms with Crippen LogP contribution in [0.3, 0.4) is 0 Å². The van der Waals surface area contributed by atoms with Crippen molar-refractivity contribution in [2.24, 2.45) is 0 Å². The Morgan fingerprint density at radius 2 is 1.76 bits per heavy atom. The highest BCUT2D eigenvalue weighted by Crippen LogP contribution is 2.32. The Morgan fingerprint density at radius 3 is 2.50 bits per heavy atom. The van der Waals surface area contributed by atoms with Gasteiger partial charge in [0.15, 0.2) is 0 Å². The molecule has 0 spiro atoms. The van der Waals surface area contributed by atoms with Gasteiger partial charge in [0.05, 0.1) is 17.5 Å². The second kappa shape index (κ2) is 10.5. The van der Waals surface area contributed by atoms with E-state index in [1.807, 2.05) is 23.0 Å². The number of rotatable bonds is 9. The first-order valence-electron chi connectivity index (χ1n) is 10.8. The van der Waals surface area contributed by atoms with Crippen LogP contribution in [-0.2, 0) is 25.6 Å². The van der Waals surface area contributed by atoms with Gasteiger partial charge in [0.1, 0.15) is 12.1 Å². The third-order valence-electron chi connectivity index (χ3n) is 5.29. The molecule has 0 atom stereocenters. The number of oxazole rings is 1. The molecular formula is C25H22F4N4O. The standard InChI is InChI=1S/C25H22F4N4O/c26-24-20(5-3-6-22(24)25(27,28)29)11-12-23-31-21(17-34-23)16-19-9-7-18(8-10-19)4-1-2-14-33-15-13-30-32-33/h3,5-13,15,17H,1-2,4,14,16H2/b12-11+. The zero-order valence-corrected chi connectivity index (χ0v) is 18.2. The van der Waals surface area contributed by atoms with Crippen LogP contribution in [0.4, 0.5) is 17.6 Å². The smallest absolute Gasteiger partial charge is 0.419 e. The summed E-state index contributed by atoms with van der Waals surface area (Å²) in [6, 6.07) is 11.4. The minimum absolute atomic E-state index is 0.188. The van der Waals surface area contributed by atoms with Crippen molar-refractivity contribution in [3.63, 3.8) is 0 Å². The summed E-state index contributed by atoms with van der Waals surface area (Å²) in [4.78, 5) is 4.32. The van der Waals surface area contributed by atoms with Crippen molar-refractivity contribution in [2.45, 2.75) is 38.4 Å². The summed E-state index contributed by atoms with van der Waals surface area (Å²) < 4.78 is 59.9. The number of aromatic nitrogens is 4. The van der Waals surface area contributed by atoms with Gasteiger partial charge in [-0.15, -0.1) is 5.10 Å². The lowest BCUT2D eigenvalue weighted by Crippen LogP contribution is -2.08. The molecule has 4 aromatic rings. The van der Waals surface area contributed by atoms with Crippen molar-refractivity contribution in [3.05, 3.63) is 101 Å². The van der Waals surface area contributed by atoms with Gasteiger partial charge in [-0.05, 0) is 42.5 Å². The minimum atomic E-state index is -4.75. The molecule has 0 N–H and O–H groups in total. The van der Waals surface area contributed by atoms with E-state index in [2.05, 4.69) is 27.4 Å². The highest BCUT2D eigenvalue weighted by atomic mass is 19.4. The van der Waals surface area contributed by atoms with Gasteiger partial charge in [-0.2, -0.15) is 13.2 Å². The zero-order chi connectivity index (χ0) is 24.0. The molecule has 0 radical (unpaired) electrons. The number of unbranched alkanes of at least 4 members (excludes halogenated alkanes) is 1. The van der Waals surface area contributed by atoms with Gasteiger partial charge in [-0.25, -0.2) is 9.37 Å². The van der Waals surface area contributed by atoms with E-state index in [1.165, 1.54) is 30.0 Å². The van der Waals surface area contributed by atoms with Crippen molar-refractivity contribution in [1.82, 2.24) is 20.0 Å². The summed E-state index contributed by atoms with van der Waals surface area (Å²) in [5.41, 5.74) is 1.48. The molecule has 4 rings (SSSR count). The van der Waals surface area contributed by atoms with Crippen LogP contribution in [0.5, 0.6) is 0 Å². The molecular weight excluding hydrogens is 448 g/mol. The maximum atomic E-state index is 14.1. The van der Waals surface area contributed by atoms with Gasteiger partial charge in [-0.3, -0.25) is 4.68 Å². The van der Waals surface area contributed by atoms with E-state index in [-0.39, 0.29) is 11.5 Å². The fraction of sp³-hybridized carbons (Fsp3) is 0.240. The predicted molar refractivity (Wildman–Crippen MR) is 119 cm³/mol. The Kier molecular flexibility index (Phi) is 7.20. The second-order valence-electron chi connectivity index (χ2n) is 7.83. The summed E-state index contributed by atoms with van der Waals surface area (Å²) in [5, 5.41) is 7.74. The molecule has 5 nitrogen and oxygen atoms in total. The topological polar surface area (TPSA) is 56.7 Å². The van der Waals surface area contributed by atoms with Gasteiger partial charge < -0.3 is 4.42 Å². The second-order valence-corrected chi connectivity index (χ2v) is 7.83. The fourth-order valence-corrected chi connectivity index (χ4v) is 3.53. The van der Waals surface area contributed by atoms with Gasteiger partial charge >= 0.3 is 6.18 Å².